The molecule has 0 unspecified atom stereocenters. The highest BCUT2D eigenvalue weighted by molar-refractivity contribution is 6.33. The van der Waals surface area contributed by atoms with Crippen molar-refractivity contribution in [2.75, 3.05) is 18.5 Å². The van der Waals surface area contributed by atoms with E-state index in [1.54, 1.807) is 6.07 Å². The number of nitrogens with one attached hydrogen (secondary N) is 2. The molecule has 4 atom stereocenters. The predicted molar refractivity (Wildman–Crippen MR) is 97.4 cm³/mol. The summed E-state index contributed by atoms with van der Waals surface area (Å²) < 4.78 is 22.0. The Balaban J connectivity index is 1.32. The van der Waals surface area contributed by atoms with Gasteiger partial charge in [0, 0.05) is 6.07 Å². The maximum Gasteiger partial charge on any atom is 0.296 e. The summed E-state index contributed by atoms with van der Waals surface area (Å²) in [5, 5.41) is 17.3. The summed E-state index contributed by atoms with van der Waals surface area (Å²) in [7, 11) is 0. The summed E-state index contributed by atoms with van der Waals surface area (Å²) in [5.41, 5.74) is 1.85. The van der Waals surface area contributed by atoms with E-state index in [4.69, 9.17) is 30.3 Å². The first-order chi connectivity index (χ1) is 13.6. The van der Waals surface area contributed by atoms with Gasteiger partial charge < -0.3 is 34.1 Å². The number of aromatic amines is 1. The fraction of sp³-hybridized carbons (Fsp3) is 0.471. The van der Waals surface area contributed by atoms with Crippen molar-refractivity contribution in [3.05, 3.63) is 28.6 Å². The largest absolute Gasteiger partial charge is 0.456 e. The van der Waals surface area contributed by atoms with Crippen LogP contribution in [0.2, 0.25) is 5.02 Å². The average Bonchev–Trinajstić information content (AvgIpc) is 3.41. The maximum absolute atomic E-state index is 9.82. The van der Waals surface area contributed by atoms with Crippen molar-refractivity contribution in [2.45, 2.75) is 37.9 Å². The lowest BCUT2D eigenvalue weighted by Gasteiger charge is -2.15. The van der Waals surface area contributed by atoms with Gasteiger partial charge in [0.15, 0.2) is 11.8 Å². The van der Waals surface area contributed by atoms with Crippen molar-refractivity contribution in [1.29, 1.82) is 0 Å². The SMILES string of the molecule is Cc1cc(CNc2nc3nc(O[C@@H]4CO[C@H]5[C@@H]4OC[C@H]5O)[nH]c3cc2Cl)no1. The number of aliphatic hydroxyl groups is 1. The van der Waals surface area contributed by atoms with Crippen LogP contribution in [0.3, 0.4) is 0 Å². The lowest BCUT2D eigenvalue weighted by molar-refractivity contribution is 0.00706. The van der Waals surface area contributed by atoms with Crippen LogP contribution in [0.1, 0.15) is 11.5 Å². The molecule has 0 aromatic carbocycles. The molecular formula is C17H18ClN5O5. The molecular weight excluding hydrogens is 390 g/mol. The van der Waals surface area contributed by atoms with Crippen molar-refractivity contribution in [1.82, 2.24) is 20.1 Å². The summed E-state index contributed by atoms with van der Waals surface area (Å²) >= 11 is 6.32. The Kier molecular flexibility index (Phi) is 4.35. The summed E-state index contributed by atoms with van der Waals surface area (Å²) in [4.78, 5) is 11.9. The average molecular weight is 408 g/mol. The zero-order valence-electron chi connectivity index (χ0n) is 14.9. The van der Waals surface area contributed by atoms with E-state index in [2.05, 4.69) is 25.4 Å². The first-order valence-corrected chi connectivity index (χ1v) is 9.25. The molecule has 3 aromatic heterocycles. The van der Waals surface area contributed by atoms with Crippen LogP contribution in [0.5, 0.6) is 6.01 Å². The van der Waals surface area contributed by atoms with E-state index in [9.17, 15) is 5.11 Å². The van der Waals surface area contributed by atoms with E-state index < -0.39 is 6.10 Å². The molecule has 2 aliphatic rings. The fourth-order valence-electron chi connectivity index (χ4n) is 3.44. The van der Waals surface area contributed by atoms with E-state index in [1.807, 2.05) is 13.0 Å². The van der Waals surface area contributed by atoms with Gasteiger partial charge in [-0.25, -0.2) is 4.98 Å². The molecule has 5 rings (SSSR count). The molecule has 28 heavy (non-hydrogen) atoms. The molecule has 0 saturated carbocycles. The highest BCUT2D eigenvalue weighted by Gasteiger charge is 2.48. The van der Waals surface area contributed by atoms with Crippen LogP contribution >= 0.6 is 11.6 Å². The zero-order valence-corrected chi connectivity index (χ0v) is 15.6. The van der Waals surface area contributed by atoms with E-state index in [0.29, 0.717) is 41.2 Å². The Morgan fingerprint density at radius 3 is 2.96 bits per heavy atom. The second-order valence-corrected chi connectivity index (χ2v) is 7.24. The number of anilines is 1. The highest BCUT2D eigenvalue weighted by Crippen LogP contribution is 2.30. The lowest BCUT2D eigenvalue weighted by atomic mass is 10.1. The van der Waals surface area contributed by atoms with E-state index in [1.165, 1.54) is 0 Å². The molecule has 3 aromatic rings. The predicted octanol–water partition coefficient (Wildman–Crippen LogP) is 1.43. The molecule has 2 fully saturated rings. The summed E-state index contributed by atoms with van der Waals surface area (Å²) in [6.45, 7) is 2.81. The third kappa shape index (κ3) is 3.18. The number of imidazole rings is 1. The van der Waals surface area contributed by atoms with Crippen LogP contribution in [0, 0.1) is 6.92 Å². The van der Waals surface area contributed by atoms with Crippen LogP contribution < -0.4 is 10.1 Å². The topological polar surface area (TPSA) is 128 Å². The number of aliphatic hydroxyl groups excluding tert-OH is 1. The molecule has 11 heteroatoms. The van der Waals surface area contributed by atoms with Gasteiger partial charge in [0.1, 0.15) is 35.6 Å². The quantitative estimate of drug-likeness (QED) is 0.575. The van der Waals surface area contributed by atoms with Crippen LogP contribution in [0.4, 0.5) is 5.82 Å². The number of ether oxygens (including phenoxy) is 3. The Hall–Kier alpha value is -2.40. The minimum Gasteiger partial charge on any atom is -0.456 e. The number of H-pyrrole nitrogens is 1. The molecule has 0 spiro atoms. The van der Waals surface area contributed by atoms with Crippen LogP contribution in [0.25, 0.3) is 11.2 Å². The minimum atomic E-state index is -0.628. The number of hydrogen-bond acceptors (Lipinski definition) is 9. The first-order valence-electron chi connectivity index (χ1n) is 8.87. The molecule has 2 saturated heterocycles. The van der Waals surface area contributed by atoms with Gasteiger partial charge in [-0.1, -0.05) is 16.8 Å². The van der Waals surface area contributed by atoms with Crippen molar-refractivity contribution in [3.63, 3.8) is 0 Å². The monoisotopic (exact) mass is 407 g/mol. The highest BCUT2D eigenvalue weighted by atomic mass is 35.5. The smallest absolute Gasteiger partial charge is 0.296 e. The number of pyridine rings is 1. The number of aromatic nitrogens is 4. The zero-order chi connectivity index (χ0) is 19.3. The minimum absolute atomic E-state index is 0.243. The van der Waals surface area contributed by atoms with E-state index in [0.717, 1.165) is 11.5 Å². The molecule has 2 aliphatic heterocycles. The summed E-state index contributed by atoms with van der Waals surface area (Å²) in [5.74, 6) is 1.22. The lowest BCUT2D eigenvalue weighted by Crippen LogP contribution is -2.34. The van der Waals surface area contributed by atoms with Crippen LogP contribution in [-0.4, -0.2) is 62.8 Å². The first kappa shape index (κ1) is 17.7. The van der Waals surface area contributed by atoms with Gasteiger partial charge in [-0.2, -0.15) is 4.98 Å². The molecule has 5 heterocycles. The molecule has 10 nitrogen and oxygen atoms in total. The Bertz CT molecular complexity index is 1010. The molecule has 0 aliphatic carbocycles. The van der Waals surface area contributed by atoms with Gasteiger partial charge in [0.2, 0.25) is 0 Å². The Morgan fingerprint density at radius 1 is 1.29 bits per heavy atom. The van der Waals surface area contributed by atoms with E-state index >= 15 is 0 Å². The maximum atomic E-state index is 9.82. The third-order valence-corrected chi connectivity index (χ3v) is 5.05. The number of nitrogens with zero attached hydrogens (tertiary/aromatic N) is 3. The van der Waals surface area contributed by atoms with Crippen molar-refractivity contribution in [3.8, 4) is 6.01 Å². The standard InChI is InChI=1S/C17H18ClN5O5/c1-7-2-8(23-28-7)4-19-15-9(18)3-10-16(21-15)22-17(20-10)27-12-6-26-13-11(24)5-25-14(12)13/h2-3,11-14,24H,4-6H2,1H3,(H2,19,20,21,22)/t11-,12-,13-,14-/m1/s1. The van der Waals surface area contributed by atoms with Crippen molar-refractivity contribution < 1.29 is 23.8 Å². The third-order valence-electron chi connectivity index (χ3n) is 4.76. The summed E-state index contributed by atoms with van der Waals surface area (Å²) in [6.07, 6.45) is -1.66. The fourth-order valence-corrected chi connectivity index (χ4v) is 3.66. The number of halogens is 1. The molecule has 148 valence electrons. The van der Waals surface area contributed by atoms with Gasteiger partial charge in [-0.15, -0.1) is 0 Å². The summed E-state index contributed by atoms with van der Waals surface area (Å²) in [6, 6.07) is 3.85. The molecule has 0 radical (unpaired) electrons. The molecule has 0 amide bonds. The van der Waals surface area contributed by atoms with Gasteiger partial charge in [0.05, 0.1) is 30.3 Å². The second-order valence-electron chi connectivity index (χ2n) is 6.83. The number of rotatable bonds is 5. The molecule has 3 N–H and O–H groups in total. The number of fused-ring (bicyclic) bond motifs is 2. The van der Waals surface area contributed by atoms with Crippen LogP contribution in [0.15, 0.2) is 16.7 Å². The van der Waals surface area contributed by atoms with Crippen LogP contribution in [-0.2, 0) is 16.0 Å². The Labute approximate surface area is 164 Å². The van der Waals surface area contributed by atoms with Gasteiger partial charge in [-0.3, -0.25) is 0 Å². The second kappa shape index (κ2) is 6.89. The number of hydrogen-bond donors (Lipinski definition) is 3. The van der Waals surface area contributed by atoms with Crippen molar-refractivity contribution in [2.24, 2.45) is 0 Å². The van der Waals surface area contributed by atoms with Gasteiger partial charge >= 0.3 is 0 Å². The van der Waals surface area contributed by atoms with Gasteiger partial charge in [0.25, 0.3) is 6.01 Å². The number of aryl methyl sites for hydroxylation is 1. The molecule has 0 bridgehead atoms. The Morgan fingerprint density at radius 2 is 2.14 bits per heavy atom. The van der Waals surface area contributed by atoms with Crippen molar-refractivity contribution >= 4 is 28.6 Å². The normalized spacial score (nSPS) is 26.7. The van der Waals surface area contributed by atoms with Gasteiger partial charge in [-0.05, 0) is 13.0 Å². The van der Waals surface area contributed by atoms with E-state index in [-0.39, 0.29) is 24.9 Å².